The summed E-state index contributed by atoms with van der Waals surface area (Å²) in [6, 6.07) is 19.2. The van der Waals surface area contributed by atoms with Gasteiger partial charge in [-0.3, -0.25) is 4.99 Å². The minimum absolute atomic E-state index is 0.323. The number of benzene rings is 3. The predicted octanol–water partition coefficient (Wildman–Crippen LogP) is 6.89. The zero-order chi connectivity index (χ0) is 19.9. The van der Waals surface area contributed by atoms with Crippen LogP contribution < -0.4 is 9.47 Å². The third-order valence-electron chi connectivity index (χ3n) is 4.29. The highest BCUT2D eigenvalue weighted by atomic mass is 35.5. The lowest BCUT2D eigenvalue weighted by atomic mass is 10.1. The maximum Gasteiger partial charge on any atom is 0.161 e. The largest absolute Gasteiger partial charge is 0.493 e. The summed E-state index contributed by atoms with van der Waals surface area (Å²) >= 11 is 12.1. The average Bonchev–Trinajstić information content (AvgIpc) is 2.72. The first-order valence-corrected chi connectivity index (χ1v) is 9.72. The Morgan fingerprint density at radius 2 is 1.71 bits per heavy atom. The first-order valence-electron chi connectivity index (χ1n) is 8.97. The Labute approximate surface area is 175 Å². The van der Waals surface area contributed by atoms with Crippen molar-refractivity contribution in [1.29, 1.82) is 0 Å². The molecule has 0 atom stereocenters. The van der Waals surface area contributed by atoms with Gasteiger partial charge in [0.1, 0.15) is 6.61 Å². The number of hydrogen-bond donors (Lipinski definition) is 0. The molecule has 3 aromatic carbocycles. The Morgan fingerprint density at radius 3 is 2.39 bits per heavy atom. The fourth-order valence-corrected chi connectivity index (χ4v) is 3.11. The van der Waals surface area contributed by atoms with Gasteiger partial charge in [0.2, 0.25) is 0 Å². The third kappa shape index (κ3) is 5.28. The van der Waals surface area contributed by atoms with Crippen molar-refractivity contribution in [3.8, 4) is 11.5 Å². The van der Waals surface area contributed by atoms with Crippen molar-refractivity contribution in [1.82, 2.24) is 0 Å². The molecule has 3 aromatic rings. The molecule has 0 aromatic heterocycles. The Hall–Kier alpha value is -2.49. The van der Waals surface area contributed by atoms with Crippen LogP contribution in [-0.2, 0) is 13.0 Å². The van der Waals surface area contributed by atoms with Crippen molar-refractivity contribution in [2.24, 2.45) is 4.99 Å². The molecule has 0 unspecified atom stereocenters. The molecule has 0 N–H and O–H groups in total. The highest BCUT2D eigenvalue weighted by Crippen LogP contribution is 2.30. The van der Waals surface area contributed by atoms with E-state index in [-0.39, 0.29) is 0 Å². The van der Waals surface area contributed by atoms with Gasteiger partial charge in [0.25, 0.3) is 0 Å². The van der Waals surface area contributed by atoms with Crippen LogP contribution in [0.2, 0.25) is 10.0 Å². The predicted molar refractivity (Wildman–Crippen MR) is 117 cm³/mol. The van der Waals surface area contributed by atoms with E-state index in [2.05, 4.69) is 24.0 Å². The van der Waals surface area contributed by atoms with Gasteiger partial charge in [-0.2, -0.15) is 0 Å². The molecule has 3 nitrogen and oxygen atoms in total. The Bertz CT molecular complexity index is 969. The van der Waals surface area contributed by atoms with Crippen LogP contribution in [-0.4, -0.2) is 13.3 Å². The number of methoxy groups -OCH3 is 1. The number of aryl methyl sites for hydroxylation is 1. The summed E-state index contributed by atoms with van der Waals surface area (Å²) in [6.07, 6.45) is 2.83. The van der Waals surface area contributed by atoms with Crippen LogP contribution in [0, 0.1) is 0 Å². The van der Waals surface area contributed by atoms with E-state index in [1.807, 2.05) is 42.6 Å². The maximum atomic E-state index is 6.20. The van der Waals surface area contributed by atoms with Crippen LogP contribution in [0.5, 0.6) is 11.5 Å². The Morgan fingerprint density at radius 1 is 0.929 bits per heavy atom. The monoisotopic (exact) mass is 413 g/mol. The van der Waals surface area contributed by atoms with E-state index in [0.29, 0.717) is 28.2 Å². The molecule has 144 valence electrons. The molecule has 0 saturated carbocycles. The molecule has 0 radical (unpaired) electrons. The highest BCUT2D eigenvalue weighted by molar-refractivity contribution is 6.35. The topological polar surface area (TPSA) is 30.8 Å². The van der Waals surface area contributed by atoms with Crippen molar-refractivity contribution in [3.05, 3.63) is 87.4 Å². The van der Waals surface area contributed by atoms with Crippen molar-refractivity contribution in [3.63, 3.8) is 0 Å². The van der Waals surface area contributed by atoms with Gasteiger partial charge in [-0.1, -0.05) is 48.3 Å². The molecule has 0 aliphatic rings. The molecule has 28 heavy (non-hydrogen) atoms. The summed E-state index contributed by atoms with van der Waals surface area (Å²) < 4.78 is 11.3. The summed E-state index contributed by atoms with van der Waals surface area (Å²) in [5.74, 6) is 1.27. The normalized spacial score (nSPS) is 11.0. The van der Waals surface area contributed by atoms with Gasteiger partial charge in [0, 0.05) is 21.8 Å². The number of hydrogen-bond acceptors (Lipinski definition) is 3. The van der Waals surface area contributed by atoms with Gasteiger partial charge in [-0.15, -0.1) is 0 Å². The van der Waals surface area contributed by atoms with Crippen molar-refractivity contribution >= 4 is 35.1 Å². The third-order valence-corrected chi connectivity index (χ3v) is 4.88. The Kier molecular flexibility index (Phi) is 6.96. The van der Waals surface area contributed by atoms with Crippen LogP contribution >= 0.6 is 23.2 Å². The summed E-state index contributed by atoms with van der Waals surface area (Å²) in [5, 5.41) is 1.17. The van der Waals surface area contributed by atoms with Crippen LogP contribution in [0.3, 0.4) is 0 Å². The molecule has 0 bridgehead atoms. The van der Waals surface area contributed by atoms with Gasteiger partial charge >= 0.3 is 0 Å². The molecule has 0 fully saturated rings. The van der Waals surface area contributed by atoms with Crippen LogP contribution in [0.4, 0.5) is 5.69 Å². The number of halogens is 2. The fourth-order valence-electron chi connectivity index (χ4n) is 2.64. The smallest absolute Gasteiger partial charge is 0.161 e. The van der Waals surface area contributed by atoms with Gasteiger partial charge in [-0.05, 0) is 60.0 Å². The van der Waals surface area contributed by atoms with Crippen LogP contribution in [0.1, 0.15) is 23.6 Å². The SMILES string of the molecule is CCc1ccc(N=Cc2ccc(OCc3ccc(Cl)cc3Cl)c(OC)c2)cc1. The van der Waals surface area contributed by atoms with Crippen molar-refractivity contribution < 1.29 is 9.47 Å². The first kappa shape index (κ1) is 20.2. The highest BCUT2D eigenvalue weighted by Gasteiger charge is 2.08. The summed E-state index contributed by atoms with van der Waals surface area (Å²) in [6.45, 7) is 2.46. The van der Waals surface area contributed by atoms with Gasteiger partial charge in [0.05, 0.1) is 12.8 Å². The van der Waals surface area contributed by atoms with E-state index in [1.165, 1.54) is 5.56 Å². The fraction of sp³-hybridized carbons (Fsp3) is 0.174. The van der Waals surface area contributed by atoms with E-state index in [4.69, 9.17) is 32.7 Å². The molecular weight excluding hydrogens is 393 g/mol. The number of aliphatic imine (C=N–C) groups is 1. The molecule has 0 aliphatic carbocycles. The van der Waals surface area contributed by atoms with Gasteiger partial charge in [-0.25, -0.2) is 0 Å². The average molecular weight is 414 g/mol. The van der Waals surface area contributed by atoms with E-state index in [0.717, 1.165) is 23.2 Å². The lowest BCUT2D eigenvalue weighted by molar-refractivity contribution is 0.284. The van der Waals surface area contributed by atoms with Gasteiger partial charge < -0.3 is 9.47 Å². The van der Waals surface area contributed by atoms with Gasteiger partial charge in [0.15, 0.2) is 11.5 Å². The zero-order valence-electron chi connectivity index (χ0n) is 15.8. The second-order valence-electron chi connectivity index (χ2n) is 6.21. The van der Waals surface area contributed by atoms with E-state index < -0.39 is 0 Å². The molecule has 0 spiro atoms. The zero-order valence-corrected chi connectivity index (χ0v) is 17.3. The van der Waals surface area contributed by atoms with Crippen molar-refractivity contribution in [2.45, 2.75) is 20.0 Å². The number of rotatable bonds is 7. The second kappa shape index (κ2) is 9.63. The van der Waals surface area contributed by atoms with E-state index >= 15 is 0 Å². The van der Waals surface area contributed by atoms with Crippen molar-refractivity contribution in [2.75, 3.05) is 7.11 Å². The number of ether oxygens (including phenoxy) is 2. The lowest BCUT2D eigenvalue weighted by Gasteiger charge is -2.12. The quantitative estimate of drug-likeness (QED) is 0.394. The molecule has 0 heterocycles. The van der Waals surface area contributed by atoms with E-state index in [1.54, 1.807) is 19.2 Å². The molecular formula is C23H21Cl2NO2. The standard InChI is InChI=1S/C23H21Cl2NO2/c1-3-16-4-9-20(10-5-16)26-14-17-6-11-22(23(12-17)27-2)28-15-18-7-8-19(24)13-21(18)25/h4-14H,3,15H2,1-2H3. The molecule has 5 heteroatoms. The minimum atomic E-state index is 0.323. The molecule has 0 aliphatic heterocycles. The molecule has 0 amide bonds. The Balaban J connectivity index is 1.71. The van der Waals surface area contributed by atoms with Crippen LogP contribution in [0.15, 0.2) is 65.7 Å². The summed E-state index contributed by atoms with van der Waals surface area (Å²) in [7, 11) is 1.61. The molecule has 3 rings (SSSR count). The minimum Gasteiger partial charge on any atom is -0.493 e. The lowest BCUT2D eigenvalue weighted by Crippen LogP contribution is -1.99. The van der Waals surface area contributed by atoms with Crippen LogP contribution in [0.25, 0.3) is 0 Å². The maximum absolute atomic E-state index is 6.20. The number of nitrogens with zero attached hydrogens (tertiary/aromatic N) is 1. The summed E-state index contributed by atoms with van der Waals surface area (Å²) in [5.41, 5.74) is 3.99. The van der Waals surface area contributed by atoms with E-state index in [9.17, 15) is 0 Å². The first-order chi connectivity index (χ1) is 13.6. The molecule has 0 saturated heterocycles. The summed E-state index contributed by atoms with van der Waals surface area (Å²) in [4.78, 5) is 4.52. The second-order valence-corrected chi connectivity index (χ2v) is 7.06.